The Morgan fingerprint density at radius 1 is 1.31 bits per heavy atom. The maximum Gasteiger partial charge on any atom is 0.248 e. The number of primary amides is 1. The van der Waals surface area contributed by atoms with Gasteiger partial charge in [0.2, 0.25) is 11.0 Å². The number of benzene rings is 1. The molecular weight excluding hydrogens is 353 g/mol. The van der Waals surface area contributed by atoms with E-state index in [1.54, 1.807) is 24.3 Å². The fraction of sp³-hybridized carbons (Fsp3) is 0.222. The van der Waals surface area contributed by atoms with Gasteiger partial charge in [-0.1, -0.05) is 26.0 Å². The second-order valence-corrected chi connectivity index (χ2v) is 7.22. The molecule has 3 rings (SSSR count). The molecule has 0 fully saturated rings. The molecule has 134 valence electrons. The van der Waals surface area contributed by atoms with Gasteiger partial charge in [-0.2, -0.15) is 9.36 Å². The van der Waals surface area contributed by atoms with Crippen LogP contribution in [-0.2, 0) is 5.41 Å². The third kappa shape index (κ3) is 4.02. The molecule has 0 aliphatic heterocycles. The van der Waals surface area contributed by atoms with Crippen molar-refractivity contribution in [1.29, 1.82) is 0 Å². The number of nitrogens with zero attached hydrogens (tertiary/aromatic N) is 3. The molecule has 0 aliphatic rings. The lowest BCUT2D eigenvalue weighted by molar-refractivity contribution is 0.100. The van der Waals surface area contributed by atoms with Crippen molar-refractivity contribution in [1.82, 2.24) is 14.3 Å². The fourth-order valence-electron chi connectivity index (χ4n) is 2.39. The molecule has 0 aliphatic carbocycles. The predicted molar refractivity (Wildman–Crippen MR) is 99.6 cm³/mol. The summed E-state index contributed by atoms with van der Waals surface area (Å²) >= 11 is 1.23. The van der Waals surface area contributed by atoms with Crippen LogP contribution in [0.2, 0.25) is 0 Å². The lowest BCUT2D eigenvalue weighted by atomic mass is 9.89. The Bertz CT molecular complexity index is 923. The van der Waals surface area contributed by atoms with Gasteiger partial charge in [0.1, 0.15) is 5.82 Å². The summed E-state index contributed by atoms with van der Waals surface area (Å²) < 4.78 is 17.4. The van der Waals surface area contributed by atoms with E-state index in [0.717, 1.165) is 11.3 Å². The molecule has 0 saturated heterocycles. The zero-order valence-corrected chi connectivity index (χ0v) is 15.2. The number of amides is 1. The number of anilines is 1. The summed E-state index contributed by atoms with van der Waals surface area (Å²) in [5.41, 5.74) is 6.92. The number of carbonyl (C=O) groups is 1. The largest absolute Gasteiger partial charge is 0.366 e. The van der Waals surface area contributed by atoms with Crippen LogP contribution >= 0.6 is 11.5 Å². The molecular formula is C18H18FN5OS. The Hall–Kier alpha value is -2.87. The van der Waals surface area contributed by atoms with Gasteiger partial charge in [-0.05, 0) is 24.3 Å². The summed E-state index contributed by atoms with van der Waals surface area (Å²) in [5.74, 6) is -0.322. The Morgan fingerprint density at radius 2 is 2.12 bits per heavy atom. The average molecular weight is 371 g/mol. The number of nitrogens with two attached hydrogens (primary N) is 1. The molecule has 0 unspecified atom stereocenters. The van der Waals surface area contributed by atoms with Gasteiger partial charge in [-0.15, -0.1) is 0 Å². The minimum atomic E-state index is -0.492. The number of halogens is 1. The molecule has 0 atom stereocenters. The number of aromatic nitrogens is 3. The van der Waals surface area contributed by atoms with Crippen LogP contribution in [0.15, 0.2) is 42.6 Å². The number of hydrogen-bond acceptors (Lipinski definition) is 6. The Morgan fingerprint density at radius 3 is 2.81 bits per heavy atom. The highest BCUT2D eigenvalue weighted by Gasteiger charge is 2.22. The molecule has 6 nitrogen and oxygen atoms in total. The highest BCUT2D eigenvalue weighted by atomic mass is 32.1. The van der Waals surface area contributed by atoms with E-state index in [9.17, 15) is 9.18 Å². The number of rotatable bonds is 6. The van der Waals surface area contributed by atoms with Crippen LogP contribution in [0.3, 0.4) is 0 Å². The molecule has 2 heterocycles. The van der Waals surface area contributed by atoms with E-state index in [0.29, 0.717) is 23.1 Å². The second kappa shape index (κ2) is 7.17. The van der Waals surface area contributed by atoms with Gasteiger partial charge in [0.15, 0.2) is 5.82 Å². The van der Waals surface area contributed by atoms with Gasteiger partial charge in [-0.25, -0.2) is 4.39 Å². The molecule has 26 heavy (non-hydrogen) atoms. The first-order valence-corrected chi connectivity index (χ1v) is 8.72. The van der Waals surface area contributed by atoms with Gasteiger partial charge in [0.05, 0.1) is 6.20 Å². The topological polar surface area (TPSA) is 93.8 Å². The molecule has 1 amide bonds. The van der Waals surface area contributed by atoms with Crippen molar-refractivity contribution >= 4 is 22.6 Å². The molecule has 8 heteroatoms. The minimum absolute atomic E-state index is 0.314. The van der Waals surface area contributed by atoms with Gasteiger partial charge in [0, 0.05) is 40.3 Å². The zero-order valence-electron chi connectivity index (χ0n) is 14.4. The predicted octanol–water partition coefficient (Wildman–Crippen LogP) is 3.23. The number of hydrogen-bond donors (Lipinski definition) is 2. The summed E-state index contributed by atoms with van der Waals surface area (Å²) in [6.07, 6.45) is 1.21. The normalized spacial score (nSPS) is 11.3. The van der Waals surface area contributed by atoms with Crippen LogP contribution in [0.5, 0.6) is 0 Å². The van der Waals surface area contributed by atoms with Crippen molar-refractivity contribution in [3.8, 4) is 11.4 Å². The summed E-state index contributed by atoms with van der Waals surface area (Å²) in [7, 11) is 0. The smallest absolute Gasteiger partial charge is 0.248 e. The van der Waals surface area contributed by atoms with Crippen molar-refractivity contribution < 1.29 is 9.18 Å². The van der Waals surface area contributed by atoms with Crippen molar-refractivity contribution in [3.63, 3.8) is 0 Å². The number of pyridine rings is 1. The van der Waals surface area contributed by atoms with Crippen LogP contribution in [0.1, 0.15) is 29.9 Å². The lowest BCUT2D eigenvalue weighted by Gasteiger charge is -2.24. The Balaban J connectivity index is 1.71. The fourth-order valence-corrected chi connectivity index (χ4v) is 2.97. The van der Waals surface area contributed by atoms with Gasteiger partial charge < -0.3 is 11.1 Å². The molecule has 0 saturated carbocycles. The molecule has 3 N–H and O–H groups in total. The van der Waals surface area contributed by atoms with E-state index in [-0.39, 0.29) is 11.2 Å². The summed E-state index contributed by atoms with van der Waals surface area (Å²) in [4.78, 5) is 19.9. The van der Waals surface area contributed by atoms with E-state index in [1.165, 1.54) is 23.8 Å². The number of nitrogens with one attached hydrogen (secondary N) is 1. The van der Waals surface area contributed by atoms with E-state index in [4.69, 9.17) is 5.73 Å². The molecule has 0 bridgehead atoms. The van der Waals surface area contributed by atoms with Crippen LogP contribution in [0, 0.1) is 5.82 Å². The third-order valence-electron chi connectivity index (χ3n) is 3.93. The highest BCUT2D eigenvalue weighted by Crippen LogP contribution is 2.25. The monoisotopic (exact) mass is 371 g/mol. The van der Waals surface area contributed by atoms with Crippen molar-refractivity contribution in [2.45, 2.75) is 19.3 Å². The van der Waals surface area contributed by atoms with Gasteiger partial charge >= 0.3 is 0 Å². The number of carbonyl (C=O) groups excluding carboxylic acids is 1. The highest BCUT2D eigenvalue weighted by molar-refractivity contribution is 7.09. The standard InChI is InChI=1S/C18H18FN5OS/c1-18(2,14-7-6-13(19)9-21-14)10-22-17-23-16(24-26-17)12-5-3-4-11(8-12)15(20)25/h3-9H,10H2,1-2H3,(H2,20,25)(H,22,23,24). The van der Waals surface area contributed by atoms with Crippen LogP contribution in [0.25, 0.3) is 11.4 Å². The van der Waals surface area contributed by atoms with Crippen LogP contribution in [0.4, 0.5) is 9.52 Å². The molecule has 1 aromatic carbocycles. The quantitative estimate of drug-likeness (QED) is 0.694. The van der Waals surface area contributed by atoms with Crippen molar-refractivity contribution in [3.05, 3.63) is 59.7 Å². The molecule has 0 radical (unpaired) electrons. The first kappa shape index (κ1) is 17.9. The maximum atomic E-state index is 13.0. The first-order valence-electron chi connectivity index (χ1n) is 7.95. The Kier molecular flexibility index (Phi) is 4.94. The average Bonchev–Trinajstić information content (AvgIpc) is 3.10. The third-order valence-corrected chi connectivity index (χ3v) is 4.61. The van der Waals surface area contributed by atoms with Gasteiger partial charge in [-0.3, -0.25) is 9.78 Å². The molecule has 3 aromatic rings. The maximum absolute atomic E-state index is 13.0. The lowest BCUT2D eigenvalue weighted by Crippen LogP contribution is -2.28. The van der Waals surface area contributed by atoms with E-state index in [2.05, 4.69) is 19.7 Å². The SMILES string of the molecule is CC(C)(CNc1nc(-c2cccc(C(N)=O)c2)ns1)c1ccc(F)cn1. The van der Waals surface area contributed by atoms with Crippen molar-refractivity contribution in [2.24, 2.45) is 5.73 Å². The van der Waals surface area contributed by atoms with Crippen molar-refractivity contribution in [2.75, 3.05) is 11.9 Å². The Labute approximate surface area is 154 Å². The summed E-state index contributed by atoms with van der Waals surface area (Å²) in [6.45, 7) is 4.58. The first-order chi connectivity index (χ1) is 12.3. The van der Waals surface area contributed by atoms with E-state index >= 15 is 0 Å². The molecule has 0 spiro atoms. The summed E-state index contributed by atoms with van der Waals surface area (Å²) in [6, 6.07) is 9.96. The van der Waals surface area contributed by atoms with E-state index in [1.807, 2.05) is 19.9 Å². The second-order valence-electron chi connectivity index (χ2n) is 6.47. The minimum Gasteiger partial charge on any atom is -0.366 e. The van der Waals surface area contributed by atoms with E-state index < -0.39 is 5.91 Å². The zero-order chi connectivity index (χ0) is 18.7. The van der Waals surface area contributed by atoms with Gasteiger partial charge in [0.25, 0.3) is 0 Å². The van der Waals surface area contributed by atoms with Crippen LogP contribution in [-0.4, -0.2) is 26.8 Å². The van der Waals surface area contributed by atoms with Crippen LogP contribution < -0.4 is 11.1 Å². The molecule has 2 aromatic heterocycles. The summed E-state index contributed by atoms with van der Waals surface area (Å²) in [5, 5.41) is 3.90.